The Labute approximate surface area is 171 Å². The number of aliphatic hydroxyl groups excluding tert-OH is 2. The first-order chi connectivity index (χ1) is 14.4. The van der Waals surface area contributed by atoms with Gasteiger partial charge in [0.2, 0.25) is 23.1 Å². The summed E-state index contributed by atoms with van der Waals surface area (Å²) in [5, 5.41) is 21.7. The second-order valence-corrected chi connectivity index (χ2v) is 6.94. The first-order valence-electron chi connectivity index (χ1n) is 9.24. The molecule has 0 spiro atoms. The lowest BCUT2D eigenvalue weighted by Crippen LogP contribution is -2.33. The molecular formula is C24H16O6. The van der Waals surface area contributed by atoms with E-state index in [0.29, 0.717) is 0 Å². The number of ketones is 4. The number of benzene rings is 2. The fraction of sp³-hybridized carbons (Fsp3) is 0.0833. The lowest BCUT2D eigenvalue weighted by atomic mass is 9.74. The van der Waals surface area contributed by atoms with Gasteiger partial charge in [0.25, 0.3) is 0 Å². The smallest absolute Gasteiger partial charge is 0.234 e. The first kappa shape index (κ1) is 19.3. The fourth-order valence-electron chi connectivity index (χ4n) is 3.88. The Morgan fingerprint density at radius 3 is 1.37 bits per heavy atom. The summed E-state index contributed by atoms with van der Waals surface area (Å²) in [6.45, 7) is 1.62. The summed E-state index contributed by atoms with van der Waals surface area (Å²) < 4.78 is 0. The molecule has 6 nitrogen and oxygen atoms in total. The van der Waals surface area contributed by atoms with E-state index < -0.39 is 40.6 Å². The van der Waals surface area contributed by atoms with E-state index in [1.54, 1.807) is 31.2 Å². The van der Waals surface area contributed by atoms with Crippen LogP contribution in [0.3, 0.4) is 0 Å². The maximum atomic E-state index is 12.9. The van der Waals surface area contributed by atoms with Gasteiger partial charge in [-0.1, -0.05) is 60.7 Å². The van der Waals surface area contributed by atoms with E-state index in [2.05, 4.69) is 0 Å². The molecular weight excluding hydrogens is 384 g/mol. The van der Waals surface area contributed by atoms with Gasteiger partial charge >= 0.3 is 0 Å². The SMILES string of the molecule is CC=CC(C1=C(O)c2ccccc2C(=O)C1=O)C1=C(O)c2ccccc2C(=O)C1=O. The van der Waals surface area contributed by atoms with Crippen molar-refractivity contribution in [3.05, 3.63) is 94.1 Å². The maximum absolute atomic E-state index is 12.9. The zero-order chi connectivity index (χ0) is 21.6. The Balaban J connectivity index is 2.01. The second-order valence-electron chi connectivity index (χ2n) is 6.94. The van der Waals surface area contributed by atoms with Crippen LogP contribution in [0.15, 0.2) is 71.8 Å². The van der Waals surface area contributed by atoms with E-state index in [1.165, 1.54) is 36.4 Å². The van der Waals surface area contributed by atoms with E-state index in [1.807, 2.05) is 0 Å². The number of fused-ring (bicyclic) bond motifs is 2. The number of hydrogen-bond donors (Lipinski definition) is 2. The minimum atomic E-state index is -1.27. The van der Waals surface area contributed by atoms with E-state index in [4.69, 9.17) is 0 Å². The molecule has 6 heteroatoms. The van der Waals surface area contributed by atoms with Crippen molar-refractivity contribution in [2.24, 2.45) is 5.92 Å². The van der Waals surface area contributed by atoms with Gasteiger partial charge in [0, 0.05) is 28.2 Å². The monoisotopic (exact) mass is 400 g/mol. The zero-order valence-electron chi connectivity index (χ0n) is 15.9. The van der Waals surface area contributed by atoms with E-state index >= 15 is 0 Å². The highest BCUT2D eigenvalue weighted by atomic mass is 16.3. The molecule has 0 aliphatic heterocycles. The molecule has 0 bridgehead atoms. The molecule has 2 N–H and O–H groups in total. The van der Waals surface area contributed by atoms with Crippen LogP contribution in [0.5, 0.6) is 0 Å². The number of carbonyl (C=O) groups excluding carboxylic acids is 4. The molecule has 148 valence electrons. The lowest BCUT2D eigenvalue weighted by Gasteiger charge is -2.26. The highest BCUT2D eigenvalue weighted by Crippen LogP contribution is 2.40. The predicted octanol–water partition coefficient (Wildman–Crippen LogP) is 3.65. The third kappa shape index (κ3) is 2.65. The van der Waals surface area contributed by atoms with Crippen LogP contribution in [-0.2, 0) is 9.59 Å². The van der Waals surface area contributed by atoms with Crippen molar-refractivity contribution in [2.45, 2.75) is 6.92 Å². The summed E-state index contributed by atoms with van der Waals surface area (Å²) in [6.07, 6.45) is 2.91. The highest BCUT2D eigenvalue weighted by molar-refractivity contribution is 6.55. The summed E-state index contributed by atoms with van der Waals surface area (Å²) in [6, 6.07) is 12.2. The van der Waals surface area contributed by atoms with E-state index in [0.717, 1.165) is 0 Å². The van der Waals surface area contributed by atoms with Crippen molar-refractivity contribution in [1.82, 2.24) is 0 Å². The average Bonchev–Trinajstić information content (AvgIpc) is 2.76. The molecule has 2 aliphatic rings. The summed E-state index contributed by atoms with van der Waals surface area (Å²) >= 11 is 0. The topological polar surface area (TPSA) is 109 Å². The molecule has 2 aromatic rings. The highest BCUT2D eigenvalue weighted by Gasteiger charge is 2.43. The van der Waals surface area contributed by atoms with Gasteiger partial charge in [0.1, 0.15) is 11.5 Å². The molecule has 4 rings (SSSR count). The molecule has 0 amide bonds. The minimum Gasteiger partial charge on any atom is -0.507 e. The fourth-order valence-corrected chi connectivity index (χ4v) is 3.88. The normalized spacial score (nSPS) is 16.6. The van der Waals surface area contributed by atoms with Crippen molar-refractivity contribution in [3.63, 3.8) is 0 Å². The maximum Gasteiger partial charge on any atom is 0.234 e. The average molecular weight is 400 g/mol. The molecule has 0 radical (unpaired) electrons. The van der Waals surface area contributed by atoms with Crippen LogP contribution in [-0.4, -0.2) is 33.3 Å². The largest absolute Gasteiger partial charge is 0.507 e. The van der Waals surface area contributed by atoms with Crippen LogP contribution in [0.4, 0.5) is 0 Å². The van der Waals surface area contributed by atoms with Crippen molar-refractivity contribution in [3.8, 4) is 0 Å². The van der Waals surface area contributed by atoms with Crippen LogP contribution in [0.1, 0.15) is 38.8 Å². The molecule has 0 aromatic heterocycles. The number of hydrogen-bond acceptors (Lipinski definition) is 6. The van der Waals surface area contributed by atoms with Crippen LogP contribution in [0.2, 0.25) is 0 Å². The van der Waals surface area contributed by atoms with Gasteiger partial charge < -0.3 is 10.2 Å². The number of aliphatic hydroxyl groups is 2. The zero-order valence-corrected chi connectivity index (χ0v) is 15.9. The van der Waals surface area contributed by atoms with Gasteiger partial charge in [0.05, 0.1) is 11.1 Å². The van der Waals surface area contributed by atoms with Crippen LogP contribution < -0.4 is 0 Å². The third-order valence-corrected chi connectivity index (χ3v) is 5.27. The number of allylic oxidation sites excluding steroid dienone is 4. The summed E-state index contributed by atoms with van der Waals surface area (Å²) in [5.41, 5.74) is -0.281. The molecule has 0 heterocycles. The lowest BCUT2D eigenvalue weighted by molar-refractivity contribution is -0.112. The Morgan fingerprint density at radius 2 is 1.00 bits per heavy atom. The van der Waals surface area contributed by atoms with Crippen molar-refractivity contribution in [2.75, 3.05) is 0 Å². The molecule has 0 saturated heterocycles. The molecule has 2 aliphatic carbocycles. The van der Waals surface area contributed by atoms with Crippen molar-refractivity contribution < 1.29 is 29.4 Å². The third-order valence-electron chi connectivity index (χ3n) is 5.27. The van der Waals surface area contributed by atoms with Gasteiger partial charge in [-0.15, -0.1) is 0 Å². The van der Waals surface area contributed by atoms with Crippen molar-refractivity contribution >= 4 is 34.7 Å². The van der Waals surface area contributed by atoms with Crippen molar-refractivity contribution in [1.29, 1.82) is 0 Å². The van der Waals surface area contributed by atoms with Gasteiger partial charge in [-0.2, -0.15) is 0 Å². The first-order valence-corrected chi connectivity index (χ1v) is 9.24. The molecule has 0 fully saturated rings. The van der Waals surface area contributed by atoms with Gasteiger partial charge in [0.15, 0.2) is 0 Å². The van der Waals surface area contributed by atoms with Crippen LogP contribution >= 0.6 is 0 Å². The standard InChI is InChI=1S/C24H16O6/c1-2-7-16(17-19(25)12-8-3-5-10-14(12)21(27)23(17)29)18-20(26)13-9-4-6-11-15(13)22(28)24(18)30/h2-11,16,25-26H,1H3. The number of Topliss-reactive ketones (excluding diaryl/α,β-unsaturated/α-hetero) is 4. The molecule has 0 unspecified atom stereocenters. The van der Waals surface area contributed by atoms with Gasteiger partial charge in [-0.05, 0) is 6.92 Å². The van der Waals surface area contributed by atoms with E-state index in [-0.39, 0.29) is 33.4 Å². The van der Waals surface area contributed by atoms with Crippen LogP contribution in [0, 0.1) is 5.92 Å². The predicted molar refractivity (Wildman–Crippen MR) is 109 cm³/mol. The molecule has 0 atom stereocenters. The molecule has 30 heavy (non-hydrogen) atoms. The molecule has 2 aromatic carbocycles. The van der Waals surface area contributed by atoms with Gasteiger partial charge in [-0.3, -0.25) is 19.2 Å². The number of carbonyl (C=O) groups is 4. The van der Waals surface area contributed by atoms with Gasteiger partial charge in [-0.25, -0.2) is 0 Å². The summed E-state index contributed by atoms with van der Waals surface area (Å²) in [7, 11) is 0. The second kappa shape index (κ2) is 7.08. The Kier molecular flexibility index (Phi) is 4.54. The van der Waals surface area contributed by atoms with Crippen LogP contribution in [0.25, 0.3) is 11.5 Å². The quantitative estimate of drug-likeness (QED) is 0.601. The Hall–Kier alpha value is -4.06. The number of rotatable bonds is 3. The Bertz CT molecular complexity index is 1150. The van der Waals surface area contributed by atoms with E-state index in [9.17, 15) is 29.4 Å². The summed E-state index contributed by atoms with van der Waals surface area (Å²) in [4.78, 5) is 51.1. The Morgan fingerprint density at radius 1 is 0.633 bits per heavy atom. The molecule has 0 saturated carbocycles. The summed E-state index contributed by atoms with van der Waals surface area (Å²) in [5.74, 6) is -5.84. The minimum absolute atomic E-state index is 0.0533.